The standard InChI is InChI=1S/C22H18O6/c1-26-16-10-7-14(8-11-16)6-9-15(23)12-19(24)17-13-18-20(27-2)4-3-5-21(18)28-22(17)25/h3-11,13H,12H2,1-2H3. The summed E-state index contributed by atoms with van der Waals surface area (Å²) in [5.41, 5.74) is 0.143. The van der Waals surface area contributed by atoms with Crippen LogP contribution in [0, 0.1) is 0 Å². The highest BCUT2D eigenvalue weighted by atomic mass is 16.5. The van der Waals surface area contributed by atoms with Gasteiger partial charge >= 0.3 is 5.63 Å². The van der Waals surface area contributed by atoms with Crippen LogP contribution in [0.15, 0.2) is 63.8 Å². The van der Waals surface area contributed by atoms with E-state index in [-0.39, 0.29) is 5.56 Å². The van der Waals surface area contributed by atoms with Crippen LogP contribution >= 0.6 is 0 Å². The molecule has 28 heavy (non-hydrogen) atoms. The zero-order chi connectivity index (χ0) is 20.1. The van der Waals surface area contributed by atoms with Gasteiger partial charge in [-0.3, -0.25) is 9.59 Å². The van der Waals surface area contributed by atoms with Crippen LogP contribution in [0.3, 0.4) is 0 Å². The second-order valence-electron chi connectivity index (χ2n) is 5.99. The quantitative estimate of drug-likeness (QED) is 0.270. The van der Waals surface area contributed by atoms with Crippen LogP contribution < -0.4 is 15.1 Å². The van der Waals surface area contributed by atoms with E-state index in [9.17, 15) is 14.4 Å². The first-order valence-corrected chi connectivity index (χ1v) is 8.51. The molecule has 2 aromatic carbocycles. The molecule has 6 nitrogen and oxygen atoms in total. The summed E-state index contributed by atoms with van der Waals surface area (Å²) in [5, 5.41) is 0.495. The van der Waals surface area contributed by atoms with Gasteiger partial charge in [0.05, 0.1) is 26.0 Å². The molecule has 0 spiro atoms. The van der Waals surface area contributed by atoms with E-state index in [0.29, 0.717) is 22.5 Å². The number of fused-ring (bicyclic) bond motifs is 1. The Morgan fingerprint density at radius 3 is 2.46 bits per heavy atom. The van der Waals surface area contributed by atoms with Crippen LogP contribution in [0.25, 0.3) is 17.0 Å². The van der Waals surface area contributed by atoms with Gasteiger partial charge in [0.15, 0.2) is 11.6 Å². The van der Waals surface area contributed by atoms with Crippen molar-refractivity contribution in [3.63, 3.8) is 0 Å². The predicted octanol–water partition coefficient (Wildman–Crippen LogP) is 3.67. The lowest BCUT2D eigenvalue weighted by Gasteiger charge is -2.05. The van der Waals surface area contributed by atoms with Crippen molar-refractivity contribution in [3.05, 3.63) is 76.2 Å². The fourth-order valence-electron chi connectivity index (χ4n) is 2.70. The number of methoxy groups -OCH3 is 2. The molecule has 1 aromatic heterocycles. The molecule has 3 rings (SSSR count). The van der Waals surface area contributed by atoms with Crippen molar-refractivity contribution in [2.75, 3.05) is 14.2 Å². The molecule has 0 radical (unpaired) electrons. The molecule has 0 aliphatic heterocycles. The molecule has 0 amide bonds. The highest BCUT2D eigenvalue weighted by Gasteiger charge is 2.17. The Balaban J connectivity index is 1.78. The molecule has 0 atom stereocenters. The summed E-state index contributed by atoms with van der Waals surface area (Å²) in [6.45, 7) is 0. The summed E-state index contributed by atoms with van der Waals surface area (Å²) in [6, 6.07) is 13.5. The topological polar surface area (TPSA) is 82.8 Å². The molecule has 0 aliphatic carbocycles. The van der Waals surface area contributed by atoms with Crippen molar-refractivity contribution in [1.29, 1.82) is 0 Å². The molecule has 0 fully saturated rings. The fourth-order valence-corrected chi connectivity index (χ4v) is 2.70. The summed E-state index contributed by atoms with van der Waals surface area (Å²) >= 11 is 0. The van der Waals surface area contributed by atoms with E-state index in [2.05, 4.69) is 0 Å². The molecule has 3 aromatic rings. The fraction of sp³-hybridized carbons (Fsp3) is 0.136. The number of ketones is 2. The van der Waals surface area contributed by atoms with Crippen molar-refractivity contribution < 1.29 is 23.5 Å². The van der Waals surface area contributed by atoms with Gasteiger partial charge in [0.2, 0.25) is 0 Å². The average molecular weight is 378 g/mol. The zero-order valence-electron chi connectivity index (χ0n) is 15.4. The summed E-state index contributed by atoms with van der Waals surface area (Å²) in [4.78, 5) is 36.7. The summed E-state index contributed by atoms with van der Waals surface area (Å²) in [6.07, 6.45) is 2.47. The first kappa shape index (κ1) is 19.1. The van der Waals surface area contributed by atoms with E-state index in [1.807, 2.05) is 0 Å². The minimum absolute atomic E-state index is 0.178. The van der Waals surface area contributed by atoms with Crippen LogP contribution in [0.4, 0.5) is 0 Å². The number of carbonyl (C=O) groups is 2. The molecule has 1 heterocycles. The number of benzene rings is 2. The van der Waals surface area contributed by atoms with Crippen LogP contribution in [0.1, 0.15) is 22.3 Å². The van der Waals surface area contributed by atoms with Gasteiger partial charge in [-0.1, -0.05) is 24.3 Å². The molecule has 0 saturated carbocycles. The normalized spacial score (nSPS) is 10.9. The lowest BCUT2D eigenvalue weighted by Crippen LogP contribution is -2.16. The Morgan fingerprint density at radius 2 is 1.79 bits per heavy atom. The van der Waals surface area contributed by atoms with E-state index in [4.69, 9.17) is 13.9 Å². The lowest BCUT2D eigenvalue weighted by atomic mass is 10.0. The van der Waals surface area contributed by atoms with Gasteiger partial charge in [-0.2, -0.15) is 0 Å². The SMILES string of the molecule is COc1ccc(C=CC(=O)CC(=O)c2cc3c(OC)cccc3oc2=O)cc1. The van der Waals surface area contributed by atoms with Gasteiger partial charge in [-0.05, 0) is 42.0 Å². The van der Waals surface area contributed by atoms with Crippen molar-refractivity contribution in [1.82, 2.24) is 0 Å². The van der Waals surface area contributed by atoms with Crippen molar-refractivity contribution in [2.24, 2.45) is 0 Å². The number of ether oxygens (including phenoxy) is 2. The number of Topliss-reactive ketones (excluding diaryl/α,β-unsaturated/α-hetero) is 1. The molecule has 0 bridgehead atoms. The molecule has 0 saturated heterocycles. The third-order valence-corrected chi connectivity index (χ3v) is 4.17. The third-order valence-electron chi connectivity index (χ3n) is 4.17. The van der Waals surface area contributed by atoms with Gasteiger partial charge in [0.1, 0.15) is 22.6 Å². The summed E-state index contributed by atoms with van der Waals surface area (Å²) in [7, 11) is 3.05. The van der Waals surface area contributed by atoms with Crippen molar-refractivity contribution >= 4 is 28.6 Å². The highest BCUT2D eigenvalue weighted by Crippen LogP contribution is 2.25. The van der Waals surface area contributed by atoms with E-state index >= 15 is 0 Å². The van der Waals surface area contributed by atoms with E-state index in [1.165, 1.54) is 19.3 Å². The Bertz CT molecular complexity index is 1110. The molecule has 0 unspecified atom stereocenters. The second-order valence-corrected chi connectivity index (χ2v) is 5.99. The zero-order valence-corrected chi connectivity index (χ0v) is 15.4. The largest absolute Gasteiger partial charge is 0.497 e. The number of rotatable bonds is 7. The van der Waals surface area contributed by atoms with E-state index in [0.717, 1.165) is 5.56 Å². The molecule has 0 N–H and O–H groups in total. The highest BCUT2D eigenvalue weighted by molar-refractivity contribution is 6.12. The Kier molecular flexibility index (Phi) is 5.69. The third kappa shape index (κ3) is 4.17. The van der Waals surface area contributed by atoms with Gasteiger partial charge < -0.3 is 13.9 Å². The van der Waals surface area contributed by atoms with Crippen LogP contribution in [0.2, 0.25) is 0 Å². The summed E-state index contributed by atoms with van der Waals surface area (Å²) in [5.74, 6) is 0.157. The smallest absolute Gasteiger partial charge is 0.347 e. The molecular formula is C22H18O6. The minimum atomic E-state index is -0.780. The Labute approximate surface area is 161 Å². The maximum Gasteiger partial charge on any atom is 0.347 e. The molecule has 0 aliphatic rings. The van der Waals surface area contributed by atoms with E-state index < -0.39 is 23.6 Å². The monoisotopic (exact) mass is 378 g/mol. The molecular weight excluding hydrogens is 360 g/mol. The van der Waals surface area contributed by atoms with Gasteiger partial charge in [0.25, 0.3) is 0 Å². The number of carbonyl (C=O) groups excluding carboxylic acids is 2. The second kappa shape index (κ2) is 8.35. The number of allylic oxidation sites excluding steroid dienone is 1. The Morgan fingerprint density at radius 1 is 1.04 bits per heavy atom. The number of hydrogen-bond acceptors (Lipinski definition) is 6. The van der Waals surface area contributed by atoms with E-state index in [1.54, 1.807) is 55.7 Å². The average Bonchev–Trinajstić information content (AvgIpc) is 2.71. The van der Waals surface area contributed by atoms with Crippen molar-refractivity contribution in [3.8, 4) is 11.5 Å². The van der Waals surface area contributed by atoms with Gasteiger partial charge in [0, 0.05) is 0 Å². The first-order chi connectivity index (χ1) is 13.5. The Hall–Kier alpha value is -3.67. The van der Waals surface area contributed by atoms with Crippen LogP contribution in [-0.4, -0.2) is 25.8 Å². The summed E-state index contributed by atoms with van der Waals surface area (Å²) < 4.78 is 15.5. The van der Waals surface area contributed by atoms with Crippen LogP contribution in [-0.2, 0) is 4.79 Å². The maximum atomic E-state index is 12.4. The molecule has 142 valence electrons. The predicted molar refractivity (Wildman–Crippen MR) is 105 cm³/mol. The first-order valence-electron chi connectivity index (χ1n) is 8.51. The van der Waals surface area contributed by atoms with Crippen molar-refractivity contribution in [2.45, 2.75) is 6.42 Å². The molecule has 6 heteroatoms. The minimum Gasteiger partial charge on any atom is -0.497 e. The van der Waals surface area contributed by atoms with Crippen LogP contribution in [0.5, 0.6) is 11.5 Å². The lowest BCUT2D eigenvalue weighted by molar-refractivity contribution is -0.113. The van der Waals surface area contributed by atoms with Gasteiger partial charge in [-0.25, -0.2) is 4.79 Å². The number of hydrogen-bond donors (Lipinski definition) is 0. The maximum absolute atomic E-state index is 12.4. The van der Waals surface area contributed by atoms with Gasteiger partial charge in [-0.15, -0.1) is 0 Å².